The smallest absolute Gasteiger partial charge is 0.496 e. The molecular weight excluding hydrogens is 729 g/mol. The van der Waals surface area contributed by atoms with Gasteiger partial charge >= 0.3 is 12.5 Å². The normalized spacial score (nSPS) is 25.5. The molecule has 11 nitrogen and oxygen atoms in total. The van der Waals surface area contributed by atoms with Crippen molar-refractivity contribution in [2.24, 2.45) is 0 Å². The average Bonchev–Trinajstić information content (AvgIpc) is 3.66. The first-order valence-corrected chi connectivity index (χ1v) is 17.6. The molecule has 2 saturated carbocycles. The molecule has 2 amide bonds. The number of methoxy groups -OCH3 is 1. The van der Waals surface area contributed by atoms with Gasteiger partial charge in [0.05, 0.1) is 53.4 Å². The molecule has 2 bridgehead atoms. The van der Waals surface area contributed by atoms with Crippen molar-refractivity contribution in [1.82, 2.24) is 10.3 Å². The highest BCUT2D eigenvalue weighted by Crippen LogP contribution is 2.52. The predicted molar refractivity (Wildman–Crippen MR) is 179 cm³/mol. The van der Waals surface area contributed by atoms with Gasteiger partial charge in [-0.15, -0.1) is 8.78 Å². The Morgan fingerprint density at radius 1 is 0.962 bits per heavy atom. The van der Waals surface area contributed by atoms with Crippen LogP contribution in [0.4, 0.5) is 27.6 Å². The molecule has 0 radical (unpaired) electrons. The van der Waals surface area contributed by atoms with E-state index < -0.39 is 53.5 Å². The van der Waals surface area contributed by atoms with E-state index in [1.165, 1.54) is 13.2 Å². The minimum Gasteiger partial charge on any atom is -0.496 e. The van der Waals surface area contributed by atoms with Gasteiger partial charge in [0.2, 0.25) is 0 Å². The molecule has 3 aromatic carbocycles. The molecule has 0 atom stereocenters. The molecule has 2 N–H and O–H groups in total. The van der Waals surface area contributed by atoms with E-state index in [0.29, 0.717) is 34.9 Å². The Hall–Kier alpha value is -4.74. The van der Waals surface area contributed by atoms with E-state index in [2.05, 4.69) is 25.1 Å². The number of hydrogen-bond donors (Lipinski definition) is 2. The second kappa shape index (κ2) is 13.0. The summed E-state index contributed by atoms with van der Waals surface area (Å²) in [6.07, 6.45) is -8.19. The number of nitrogens with zero attached hydrogens (tertiary/aromatic N) is 1. The monoisotopic (exact) mass is 761 g/mol. The van der Waals surface area contributed by atoms with Crippen molar-refractivity contribution in [1.29, 1.82) is 0 Å². The summed E-state index contributed by atoms with van der Waals surface area (Å²) in [4.78, 5) is 32.4. The fourth-order valence-corrected chi connectivity index (χ4v) is 8.09. The van der Waals surface area contributed by atoms with E-state index in [1.54, 1.807) is 6.07 Å². The van der Waals surface area contributed by atoms with E-state index in [1.807, 2.05) is 30.3 Å². The summed E-state index contributed by atoms with van der Waals surface area (Å²) in [6, 6.07) is 15.0. The molecule has 4 aromatic rings. The number of fused-ring (bicyclic) bond motifs is 5. The van der Waals surface area contributed by atoms with Crippen LogP contribution >= 0.6 is 11.3 Å². The minimum atomic E-state index is -4.57. The third-order valence-corrected chi connectivity index (χ3v) is 11.1. The van der Waals surface area contributed by atoms with Gasteiger partial charge in [-0.25, -0.2) is 4.98 Å². The van der Waals surface area contributed by atoms with E-state index >= 15 is 0 Å². The molecule has 4 heterocycles. The molecule has 2 saturated heterocycles. The standard InChI is InChI=1S/C36H32F5N3O8S/c1-47-25-8-7-23-29(53-32(43-23)50-21-13-20(14-21)48-17-19-5-3-2-4-6-19)28(25)31(46)42-24-16-27-26(51-36(40,41)52-27)15-22(24)30(45)44-33-9-11-34(12-10-33,49-18-33)35(37,38)39/h2-8,15-16,20-21H,9-14,17-18H2,1H3,(H,42,46)(H,44,45). The number of thiazole rings is 1. The van der Waals surface area contributed by atoms with Gasteiger partial charge in [-0.2, -0.15) is 13.2 Å². The predicted octanol–water partition coefficient (Wildman–Crippen LogP) is 7.38. The number of nitrogens with one attached hydrogen (secondary N) is 2. The number of ether oxygens (including phenoxy) is 6. The molecule has 0 unspecified atom stereocenters. The Kier molecular flexibility index (Phi) is 8.65. The number of amides is 2. The van der Waals surface area contributed by atoms with E-state index in [0.717, 1.165) is 29.0 Å². The Labute approximate surface area is 302 Å². The van der Waals surface area contributed by atoms with Crippen LogP contribution in [0.25, 0.3) is 10.2 Å². The molecule has 0 spiro atoms. The number of benzene rings is 3. The van der Waals surface area contributed by atoms with Crippen molar-refractivity contribution < 1.29 is 60.0 Å². The Balaban J connectivity index is 1.01. The molecule has 3 aliphatic heterocycles. The highest BCUT2D eigenvalue weighted by Gasteiger charge is 2.63. The molecule has 4 fully saturated rings. The molecule has 280 valence electrons. The highest BCUT2D eigenvalue weighted by atomic mass is 32.1. The number of anilines is 1. The Bertz CT molecular complexity index is 2050. The maximum atomic E-state index is 14.1. The van der Waals surface area contributed by atoms with Crippen molar-refractivity contribution >= 4 is 39.1 Å². The number of carbonyl (C=O) groups excluding carboxylic acids is 2. The number of halogens is 5. The largest absolute Gasteiger partial charge is 0.586 e. The number of aromatic nitrogens is 1. The summed E-state index contributed by atoms with van der Waals surface area (Å²) in [6.45, 7) is 0.0877. The Morgan fingerprint density at radius 3 is 2.34 bits per heavy atom. The lowest BCUT2D eigenvalue weighted by Crippen LogP contribution is -2.66. The second-order valence-electron chi connectivity index (χ2n) is 13.6. The molecule has 5 aliphatic rings. The van der Waals surface area contributed by atoms with Crippen molar-refractivity contribution in [3.8, 4) is 22.4 Å². The lowest BCUT2D eigenvalue weighted by molar-refractivity contribution is -0.317. The molecular formula is C36H32F5N3O8S. The van der Waals surface area contributed by atoms with Crippen LogP contribution in [-0.2, 0) is 16.1 Å². The maximum Gasteiger partial charge on any atom is 0.586 e. The van der Waals surface area contributed by atoms with Gasteiger partial charge in [0.1, 0.15) is 17.4 Å². The van der Waals surface area contributed by atoms with Crippen LogP contribution in [0.3, 0.4) is 0 Å². The summed E-state index contributed by atoms with van der Waals surface area (Å²) in [7, 11) is 1.37. The highest BCUT2D eigenvalue weighted by molar-refractivity contribution is 7.20. The number of carbonyl (C=O) groups is 2. The fraction of sp³-hybridized carbons (Fsp3) is 0.417. The van der Waals surface area contributed by atoms with Crippen LogP contribution in [0.1, 0.15) is 64.8 Å². The zero-order chi connectivity index (χ0) is 37.2. The quantitative estimate of drug-likeness (QED) is 0.159. The Morgan fingerprint density at radius 2 is 1.68 bits per heavy atom. The number of rotatable bonds is 10. The van der Waals surface area contributed by atoms with Crippen molar-refractivity contribution in [3.63, 3.8) is 0 Å². The fourth-order valence-electron chi connectivity index (χ4n) is 7.07. The van der Waals surface area contributed by atoms with Gasteiger partial charge in [-0.1, -0.05) is 41.7 Å². The maximum absolute atomic E-state index is 14.1. The first-order valence-electron chi connectivity index (χ1n) is 16.8. The lowest BCUT2D eigenvalue weighted by atomic mass is 9.70. The van der Waals surface area contributed by atoms with Crippen LogP contribution in [-0.4, -0.2) is 66.3 Å². The summed E-state index contributed by atoms with van der Waals surface area (Å²) in [5.74, 6) is -2.37. The van der Waals surface area contributed by atoms with E-state index in [4.69, 9.17) is 18.9 Å². The molecule has 17 heteroatoms. The van der Waals surface area contributed by atoms with Crippen LogP contribution in [0.5, 0.6) is 22.4 Å². The van der Waals surface area contributed by atoms with Crippen LogP contribution in [0, 0.1) is 0 Å². The zero-order valence-corrected chi connectivity index (χ0v) is 28.8. The van der Waals surface area contributed by atoms with E-state index in [9.17, 15) is 31.5 Å². The lowest BCUT2D eigenvalue weighted by Gasteiger charge is -2.53. The average molecular weight is 762 g/mol. The van der Waals surface area contributed by atoms with Gasteiger partial charge in [-0.3, -0.25) is 9.59 Å². The third-order valence-electron chi connectivity index (χ3n) is 10.2. The first-order chi connectivity index (χ1) is 25.2. The van der Waals surface area contributed by atoms with Crippen LogP contribution < -0.4 is 29.6 Å². The summed E-state index contributed by atoms with van der Waals surface area (Å²) < 4.78 is 102. The van der Waals surface area contributed by atoms with Crippen LogP contribution in [0.2, 0.25) is 0 Å². The summed E-state index contributed by atoms with van der Waals surface area (Å²) in [5.41, 5.74) is -2.40. The van der Waals surface area contributed by atoms with Gasteiger partial charge in [0.15, 0.2) is 17.1 Å². The second-order valence-corrected chi connectivity index (χ2v) is 14.5. The number of alkyl halides is 5. The minimum absolute atomic E-state index is 0.0280. The van der Waals surface area contributed by atoms with Crippen molar-refractivity contribution in [2.45, 2.75) is 81.0 Å². The van der Waals surface area contributed by atoms with Gasteiger partial charge in [0, 0.05) is 18.9 Å². The van der Waals surface area contributed by atoms with Crippen molar-refractivity contribution in [3.05, 3.63) is 71.3 Å². The molecule has 2 aliphatic carbocycles. The third kappa shape index (κ3) is 6.69. The van der Waals surface area contributed by atoms with Gasteiger partial charge in [0.25, 0.3) is 17.0 Å². The summed E-state index contributed by atoms with van der Waals surface area (Å²) in [5, 5.41) is 5.69. The SMILES string of the molecule is COc1ccc2nc(OC3CC(OCc4ccccc4)C3)sc2c1C(=O)Nc1cc2c(cc1C(=O)NC13CCC(C(F)(F)F)(CC1)OC3)OC(F)(F)O2. The van der Waals surface area contributed by atoms with Crippen molar-refractivity contribution in [2.75, 3.05) is 19.0 Å². The van der Waals surface area contributed by atoms with Gasteiger partial charge in [-0.05, 0) is 49.4 Å². The zero-order valence-electron chi connectivity index (χ0n) is 28.0. The topological polar surface area (TPSA) is 126 Å². The summed E-state index contributed by atoms with van der Waals surface area (Å²) >= 11 is 1.11. The molecule has 9 rings (SSSR count). The van der Waals surface area contributed by atoms with Crippen LogP contribution in [0.15, 0.2) is 54.6 Å². The molecule has 53 heavy (non-hydrogen) atoms. The van der Waals surface area contributed by atoms with E-state index in [-0.39, 0.29) is 60.5 Å². The number of hydrogen-bond acceptors (Lipinski definition) is 10. The molecule has 1 aromatic heterocycles. The first kappa shape index (κ1) is 35.3. The van der Waals surface area contributed by atoms with Gasteiger partial charge < -0.3 is 39.1 Å².